The van der Waals surface area contributed by atoms with Crippen LogP contribution in [0.1, 0.15) is 11.1 Å². The zero-order chi connectivity index (χ0) is 20.8. The monoisotopic (exact) mass is 419 g/mol. The third-order valence-electron chi connectivity index (χ3n) is 4.42. The van der Waals surface area contributed by atoms with E-state index in [2.05, 4.69) is 10.2 Å². The molecule has 0 aliphatic heterocycles. The van der Waals surface area contributed by atoms with E-state index >= 15 is 0 Å². The number of halogens is 4. The fourth-order valence-corrected chi connectivity index (χ4v) is 3.04. The second kappa shape index (κ2) is 6.93. The number of nitrogens with two attached hydrogens (primary N) is 1. The highest BCUT2D eigenvalue weighted by Crippen LogP contribution is 2.30. The van der Waals surface area contributed by atoms with Crippen LogP contribution in [-0.2, 0) is 12.7 Å². The van der Waals surface area contributed by atoms with Gasteiger partial charge in [-0.05, 0) is 35.4 Å². The van der Waals surface area contributed by atoms with Crippen molar-refractivity contribution in [1.82, 2.24) is 19.4 Å². The topological polar surface area (TPSA) is 78.2 Å². The predicted octanol–water partition coefficient (Wildman–Crippen LogP) is 3.86. The van der Waals surface area contributed by atoms with Gasteiger partial charge in [-0.15, -0.1) is 5.10 Å². The molecule has 0 aliphatic rings. The minimum Gasteiger partial charge on any atom is -0.395 e. The van der Waals surface area contributed by atoms with Gasteiger partial charge in [0.05, 0.1) is 24.0 Å². The Balaban J connectivity index is 1.71. The van der Waals surface area contributed by atoms with Crippen LogP contribution in [0.3, 0.4) is 0 Å². The molecule has 4 aromatic rings. The third kappa shape index (κ3) is 3.56. The average molecular weight is 420 g/mol. The van der Waals surface area contributed by atoms with Crippen molar-refractivity contribution >= 4 is 22.9 Å². The largest absolute Gasteiger partial charge is 0.416 e. The lowest BCUT2D eigenvalue weighted by Crippen LogP contribution is -2.23. The number of hydrogen-bond donors (Lipinski definition) is 1. The normalized spacial score (nSPS) is 11.9. The van der Waals surface area contributed by atoms with E-state index in [1.165, 1.54) is 18.3 Å². The van der Waals surface area contributed by atoms with E-state index in [0.29, 0.717) is 16.1 Å². The third-order valence-corrected chi connectivity index (χ3v) is 4.67. The van der Waals surface area contributed by atoms with Crippen LogP contribution in [0, 0.1) is 0 Å². The Kier molecular flexibility index (Phi) is 4.54. The van der Waals surface area contributed by atoms with Crippen LogP contribution in [0.25, 0.3) is 16.8 Å². The summed E-state index contributed by atoms with van der Waals surface area (Å²) < 4.78 is 40.2. The number of nitrogen functional groups attached to an aromatic ring is 1. The molecule has 2 aromatic heterocycles. The van der Waals surface area contributed by atoms with Crippen molar-refractivity contribution in [2.45, 2.75) is 12.7 Å². The molecule has 0 radical (unpaired) electrons. The second-order valence-corrected chi connectivity index (χ2v) is 6.79. The van der Waals surface area contributed by atoms with Crippen molar-refractivity contribution < 1.29 is 13.2 Å². The molecule has 148 valence electrons. The Morgan fingerprint density at radius 3 is 2.31 bits per heavy atom. The molecule has 0 atom stereocenters. The summed E-state index contributed by atoms with van der Waals surface area (Å²) in [5.74, 6) is 0. The summed E-state index contributed by atoms with van der Waals surface area (Å²) in [5, 5.41) is 8.89. The maximum absolute atomic E-state index is 12.7. The van der Waals surface area contributed by atoms with Crippen LogP contribution in [0.4, 0.5) is 18.9 Å². The maximum atomic E-state index is 12.7. The van der Waals surface area contributed by atoms with Gasteiger partial charge in [0.15, 0.2) is 0 Å². The molecule has 2 heterocycles. The Bertz CT molecular complexity index is 1240. The smallest absolute Gasteiger partial charge is 0.395 e. The lowest BCUT2D eigenvalue weighted by molar-refractivity contribution is -0.137. The van der Waals surface area contributed by atoms with Crippen molar-refractivity contribution in [3.63, 3.8) is 0 Å². The van der Waals surface area contributed by atoms with Gasteiger partial charge in [-0.1, -0.05) is 35.9 Å². The number of anilines is 1. The molecule has 29 heavy (non-hydrogen) atoms. The average Bonchev–Trinajstić information content (AvgIpc) is 2.99. The highest BCUT2D eigenvalue weighted by molar-refractivity contribution is 6.30. The van der Waals surface area contributed by atoms with Crippen molar-refractivity contribution in [2.24, 2.45) is 0 Å². The van der Waals surface area contributed by atoms with E-state index in [9.17, 15) is 18.0 Å². The molecular formula is C19H13ClF3N5O. The Hall–Kier alpha value is -3.33. The van der Waals surface area contributed by atoms with E-state index in [4.69, 9.17) is 17.3 Å². The number of hydrogen-bond acceptors (Lipinski definition) is 4. The molecule has 0 amide bonds. The Morgan fingerprint density at radius 2 is 1.69 bits per heavy atom. The number of rotatable bonds is 3. The molecule has 0 bridgehead atoms. The number of nitrogens with zero attached hydrogens (tertiary/aromatic N) is 4. The Morgan fingerprint density at radius 1 is 1.03 bits per heavy atom. The van der Waals surface area contributed by atoms with Crippen LogP contribution >= 0.6 is 11.6 Å². The molecule has 2 N–H and O–H groups in total. The quantitative estimate of drug-likeness (QED) is 0.547. The van der Waals surface area contributed by atoms with Gasteiger partial charge in [0, 0.05) is 10.6 Å². The Labute approximate surface area is 167 Å². The standard InChI is InChI=1S/C19H13ClF3N5O/c20-14-7-3-12(4-8-14)15-9-25-28-17(16(15)24)26-27(18(28)29)10-11-1-5-13(6-2-11)19(21,22)23/h1-9H,10,24H2. The number of fused-ring (bicyclic) bond motifs is 1. The molecule has 0 aliphatic carbocycles. The van der Waals surface area contributed by atoms with E-state index in [1.54, 1.807) is 24.3 Å². The highest BCUT2D eigenvalue weighted by atomic mass is 35.5. The van der Waals surface area contributed by atoms with Crippen LogP contribution in [0.2, 0.25) is 5.02 Å². The van der Waals surface area contributed by atoms with E-state index in [1.807, 2.05) is 0 Å². The molecule has 0 unspecified atom stereocenters. The molecule has 2 aromatic carbocycles. The van der Waals surface area contributed by atoms with Crippen LogP contribution in [-0.4, -0.2) is 19.4 Å². The van der Waals surface area contributed by atoms with Gasteiger partial charge in [0.1, 0.15) is 0 Å². The fraction of sp³-hybridized carbons (Fsp3) is 0.105. The zero-order valence-electron chi connectivity index (χ0n) is 14.7. The van der Waals surface area contributed by atoms with Gasteiger partial charge in [-0.2, -0.15) is 22.8 Å². The van der Waals surface area contributed by atoms with Gasteiger partial charge in [-0.25, -0.2) is 9.48 Å². The summed E-state index contributed by atoms with van der Waals surface area (Å²) in [6.45, 7) is -0.0178. The van der Waals surface area contributed by atoms with Crippen molar-refractivity contribution in [1.29, 1.82) is 0 Å². The first-order valence-electron chi connectivity index (χ1n) is 8.40. The van der Waals surface area contributed by atoms with Gasteiger partial charge in [0.25, 0.3) is 0 Å². The first-order chi connectivity index (χ1) is 13.7. The maximum Gasteiger partial charge on any atom is 0.416 e. The minimum absolute atomic E-state index is 0.0178. The predicted molar refractivity (Wildman–Crippen MR) is 103 cm³/mol. The molecule has 10 heteroatoms. The minimum atomic E-state index is -4.42. The lowest BCUT2D eigenvalue weighted by atomic mass is 10.1. The van der Waals surface area contributed by atoms with Gasteiger partial charge < -0.3 is 5.73 Å². The summed E-state index contributed by atoms with van der Waals surface area (Å²) in [6.07, 6.45) is -2.97. The number of alkyl halides is 3. The molecule has 0 saturated heterocycles. The van der Waals surface area contributed by atoms with Crippen LogP contribution in [0.5, 0.6) is 0 Å². The van der Waals surface area contributed by atoms with Crippen molar-refractivity contribution in [3.05, 3.63) is 81.4 Å². The summed E-state index contributed by atoms with van der Waals surface area (Å²) in [4.78, 5) is 12.6. The first kappa shape index (κ1) is 19.0. The first-order valence-corrected chi connectivity index (χ1v) is 8.78. The molecule has 4 rings (SSSR count). The highest BCUT2D eigenvalue weighted by Gasteiger charge is 2.30. The van der Waals surface area contributed by atoms with E-state index in [-0.39, 0.29) is 17.9 Å². The van der Waals surface area contributed by atoms with Crippen molar-refractivity contribution in [3.8, 4) is 11.1 Å². The summed E-state index contributed by atoms with van der Waals surface area (Å²) in [5.41, 5.74) is 7.13. The summed E-state index contributed by atoms with van der Waals surface area (Å²) in [7, 11) is 0. The van der Waals surface area contributed by atoms with Crippen LogP contribution < -0.4 is 11.4 Å². The van der Waals surface area contributed by atoms with E-state index in [0.717, 1.165) is 26.9 Å². The molecule has 0 saturated carbocycles. The molecule has 0 fully saturated rings. The molecule has 0 spiro atoms. The fourth-order valence-electron chi connectivity index (χ4n) is 2.91. The second-order valence-electron chi connectivity index (χ2n) is 6.35. The van der Waals surface area contributed by atoms with Gasteiger partial charge in [0.2, 0.25) is 5.65 Å². The summed E-state index contributed by atoms with van der Waals surface area (Å²) >= 11 is 5.90. The SMILES string of the molecule is Nc1c(-c2ccc(Cl)cc2)cnn2c(=O)n(Cc3ccc(C(F)(F)F)cc3)nc12. The van der Waals surface area contributed by atoms with Gasteiger partial charge >= 0.3 is 11.9 Å². The number of aromatic nitrogens is 4. The van der Waals surface area contributed by atoms with E-state index < -0.39 is 17.4 Å². The van der Waals surface area contributed by atoms with Crippen molar-refractivity contribution in [2.75, 3.05) is 5.73 Å². The zero-order valence-corrected chi connectivity index (χ0v) is 15.4. The number of benzene rings is 2. The van der Waals surface area contributed by atoms with Gasteiger partial charge in [-0.3, -0.25) is 0 Å². The summed E-state index contributed by atoms with van der Waals surface area (Å²) in [6, 6.07) is 11.5. The molecule has 6 nitrogen and oxygen atoms in total. The lowest BCUT2D eigenvalue weighted by Gasteiger charge is -2.07. The van der Waals surface area contributed by atoms with Crippen LogP contribution in [0.15, 0.2) is 59.5 Å². The molecular weight excluding hydrogens is 407 g/mol.